The first-order valence-electron chi connectivity index (χ1n) is 5.17. The molecule has 0 aromatic carbocycles. The van der Waals surface area contributed by atoms with Crippen molar-refractivity contribution in [1.29, 1.82) is 0 Å². The minimum atomic E-state index is -0.000787. The molecule has 3 heterocycles. The lowest BCUT2D eigenvalue weighted by Crippen LogP contribution is -2.33. The summed E-state index contributed by atoms with van der Waals surface area (Å²) < 4.78 is 7.37. The SMILES string of the molecule is Clc1cc(C2CNCCO2)c2nccn2n1. The average Bonchev–Trinajstić information content (AvgIpc) is 2.77. The van der Waals surface area contributed by atoms with E-state index in [9.17, 15) is 0 Å². The van der Waals surface area contributed by atoms with Crippen LogP contribution in [0.3, 0.4) is 0 Å². The Labute approximate surface area is 97.4 Å². The third-order valence-corrected chi connectivity index (χ3v) is 2.82. The van der Waals surface area contributed by atoms with Crippen molar-refractivity contribution in [3.8, 4) is 0 Å². The van der Waals surface area contributed by atoms with Crippen LogP contribution in [0.25, 0.3) is 5.65 Å². The third kappa shape index (κ3) is 1.67. The van der Waals surface area contributed by atoms with Gasteiger partial charge in [0.2, 0.25) is 0 Å². The standard InChI is InChI=1S/C10H11ClN4O/c11-9-5-7(8-6-12-2-4-16-8)10-13-1-3-15(10)14-9/h1,3,5,8,12H,2,4,6H2. The average molecular weight is 239 g/mol. The second-order valence-electron chi connectivity index (χ2n) is 3.68. The quantitative estimate of drug-likeness (QED) is 0.807. The molecule has 1 unspecified atom stereocenters. The first-order chi connectivity index (χ1) is 7.84. The first-order valence-corrected chi connectivity index (χ1v) is 5.54. The lowest BCUT2D eigenvalue weighted by atomic mass is 10.1. The largest absolute Gasteiger partial charge is 0.371 e. The van der Waals surface area contributed by atoms with Crippen molar-refractivity contribution in [1.82, 2.24) is 19.9 Å². The zero-order chi connectivity index (χ0) is 11.0. The molecule has 0 radical (unpaired) electrons. The number of aromatic nitrogens is 3. The highest BCUT2D eigenvalue weighted by Crippen LogP contribution is 2.24. The minimum absolute atomic E-state index is 0.000787. The van der Waals surface area contributed by atoms with Crippen molar-refractivity contribution in [2.75, 3.05) is 19.7 Å². The molecule has 1 aliphatic heterocycles. The van der Waals surface area contributed by atoms with Crippen LogP contribution in [-0.4, -0.2) is 34.3 Å². The van der Waals surface area contributed by atoms with E-state index < -0.39 is 0 Å². The normalized spacial score (nSPS) is 21.4. The number of nitrogens with one attached hydrogen (secondary N) is 1. The Kier molecular flexibility index (Phi) is 2.51. The van der Waals surface area contributed by atoms with Gasteiger partial charge in [0, 0.05) is 31.0 Å². The molecule has 0 bridgehead atoms. The number of nitrogens with zero attached hydrogens (tertiary/aromatic N) is 3. The maximum Gasteiger partial charge on any atom is 0.159 e. The lowest BCUT2D eigenvalue weighted by molar-refractivity contribution is 0.0282. The van der Waals surface area contributed by atoms with Crippen LogP contribution in [0.2, 0.25) is 5.15 Å². The summed E-state index contributed by atoms with van der Waals surface area (Å²) in [5, 5.41) is 7.87. The Morgan fingerprint density at radius 1 is 1.56 bits per heavy atom. The topological polar surface area (TPSA) is 51.5 Å². The van der Waals surface area contributed by atoms with Gasteiger partial charge in [-0.15, -0.1) is 0 Å². The summed E-state index contributed by atoms with van der Waals surface area (Å²) in [6.45, 7) is 2.38. The monoisotopic (exact) mass is 238 g/mol. The molecule has 5 nitrogen and oxygen atoms in total. The number of imidazole rings is 1. The highest BCUT2D eigenvalue weighted by molar-refractivity contribution is 6.29. The van der Waals surface area contributed by atoms with Gasteiger partial charge in [-0.25, -0.2) is 9.50 Å². The molecule has 3 rings (SSSR count). The Bertz CT molecular complexity index is 506. The minimum Gasteiger partial charge on any atom is -0.371 e. The molecule has 1 N–H and O–H groups in total. The van der Waals surface area contributed by atoms with Gasteiger partial charge in [0.15, 0.2) is 10.8 Å². The zero-order valence-electron chi connectivity index (χ0n) is 8.56. The van der Waals surface area contributed by atoms with Crippen LogP contribution in [0.5, 0.6) is 0 Å². The van der Waals surface area contributed by atoms with Crippen molar-refractivity contribution in [3.05, 3.63) is 29.2 Å². The summed E-state index contributed by atoms with van der Waals surface area (Å²) in [4.78, 5) is 4.27. The number of morpholine rings is 1. The second kappa shape index (κ2) is 4.01. The van der Waals surface area contributed by atoms with E-state index in [2.05, 4.69) is 15.4 Å². The maximum atomic E-state index is 5.96. The molecule has 0 saturated carbocycles. The van der Waals surface area contributed by atoms with Crippen LogP contribution in [0.4, 0.5) is 0 Å². The maximum absolute atomic E-state index is 5.96. The number of hydrogen-bond acceptors (Lipinski definition) is 4. The molecular formula is C10H11ClN4O. The fourth-order valence-electron chi connectivity index (χ4n) is 1.91. The van der Waals surface area contributed by atoms with E-state index in [1.165, 1.54) is 0 Å². The predicted octanol–water partition coefficient (Wildman–Crippen LogP) is 1.04. The van der Waals surface area contributed by atoms with Crippen molar-refractivity contribution in [3.63, 3.8) is 0 Å². The molecule has 0 amide bonds. The van der Waals surface area contributed by atoms with Gasteiger partial charge >= 0.3 is 0 Å². The lowest BCUT2D eigenvalue weighted by Gasteiger charge is -2.24. The molecule has 1 aliphatic rings. The Balaban J connectivity index is 2.09. The molecule has 16 heavy (non-hydrogen) atoms. The molecular weight excluding hydrogens is 228 g/mol. The summed E-state index contributed by atoms with van der Waals surface area (Å²) in [6.07, 6.45) is 3.48. The van der Waals surface area contributed by atoms with Gasteiger partial charge in [-0.05, 0) is 6.07 Å². The van der Waals surface area contributed by atoms with Crippen LogP contribution in [0, 0.1) is 0 Å². The molecule has 0 spiro atoms. The van der Waals surface area contributed by atoms with Crippen LogP contribution in [0.1, 0.15) is 11.7 Å². The van der Waals surface area contributed by atoms with Crippen LogP contribution >= 0.6 is 11.6 Å². The molecule has 1 atom stereocenters. The van der Waals surface area contributed by atoms with Crippen molar-refractivity contribution in [2.45, 2.75) is 6.10 Å². The van der Waals surface area contributed by atoms with E-state index in [1.807, 2.05) is 6.07 Å². The number of hydrogen-bond donors (Lipinski definition) is 1. The van der Waals surface area contributed by atoms with Gasteiger partial charge in [-0.2, -0.15) is 5.10 Å². The summed E-state index contributed by atoms with van der Waals surface area (Å²) in [7, 11) is 0. The van der Waals surface area contributed by atoms with Gasteiger partial charge in [-0.1, -0.05) is 11.6 Å². The van der Waals surface area contributed by atoms with Crippen LogP contribution in [0.15, 0.2) is 18.5 Å². The van der Waals surface area contributed by atoms with E-state index in [-0.39, 0.29) is 6.10 Å². The molecule has 2 aromatic heterocycles. The number of rotatable bonds is 1. The van der Waals surface area contributed by atoms with E-state index in [1.54, 1.807) is 16.9 Å². The smallest absolute Gasteiger partial charge is 0.159 e. The first kappa shape index (κ1) is 10.0. The number of fused-ring (bicyclic) bond motifs is 1. The fraction of sp³-hybridized carbons (Fsp3) is 0.400. The third-order valence-electron chi connectivity index (χ3n) is 2.63. The molecule has 6 heteroatoms. The van der Waals surface area contributed by atoms with Gasteiger partial charge < -0.3 is 10.1 Å². The van der Waals surface area contributed by atoms with Gasteiger partial charge in [-0.3, -0.25) is 0 Å². The molecule has 84 valence electrons. The summed E-state index contributed by atoms with van der Waals surface area (Å²) in [5.41, 5.74) is 1.79. The Hall–Kier alpha value is -1.17. The highest BCUT2D eigenvalue weighted by atomic mass is 35.5. The second-order valence-corrected chi connectivity index (χ2v) is 4.07. The van der Waals surface area contributed by atoms with Gasteiger partial charge in [0.1, 0.15) is 0 Å². The zero-order valence-corrected chi connectivity index (χ0v) is 9.31. The fourth-order valence-corrected chi connectivity index (χ4v) is 2.11. The van der Waals surface area contributed by atoms with Gasteiger partial charge in [0.25, 0.3) is 0 Å². The van der Waals surface area contributed by atoms with Crippen molar-refractivity contribution in [2.24, 2.45) is 0 Å². The van der Waals surface area contributed by atoms with Crippen molar-refractivity contribution >= 4 is 17.2 Å². The number of ether oxygens (including phenoxy) is 1. The number of halogens is 1. The molecule has 0 aliphatic carbocycles. The molecule has 1 saturated heterocycles. The molecule has 1 fully saturated rings. The highest BCUT2D eigenvalue weighted by Gasteiger charge is 2.20. The van der Waals surface area contributed by atoms with Crippen LogP contribution in [-0.2, 0) is 4.74 Å². The molecule has 2 aromatic rings. The van der Waals surface area contributed by atoms with Crippen LogP contribution < -0.4 is 5.32 Å². The Morgan fingerprint density at radius 2 is 2.50 bits per heavy atom. The predicted molar refractivity (Wildman–Crippen MR) is 59.6 cm³/mol. The van der Waals surface area contributed by atoms with E-state index in [0.717, 1.165) is 24.3 Å². The Morgan fingerprint density at radius 3 is 3.31 bits per heavy atom. The van der Waals surface area contributed by atoms with E-state index >= 15 is 0 Å². The van der Waals surface area contributed by atoms with E-state index in [0.29, 0.717) is 11.8 Å². The summed E-state index contributed by atoms with van der Waals surface area (Å²) in [5.74, 6) is 0. The van der Waals surface area contributed by atoms with E-state index in [4.69, 9.17) is 16.3 Å². The summed E-state index contributed by atoms with van der Waals surface area (Å²) in [6, 6.07) is 1.82. The van der Waals surface area contributed by atoms with Crippen molar-refractivity contribution < 1.29 is 4.74 Å². The summed E-state index contributed by atoms with van der Waals surface area (Å²) >= 11 is 5.96. The van der Waals surface area contributed by atoms with Gasteiger partial charge in [0.05, 0.1) is 12.7 Å².